The van der Waals surface area contributed by atoms with E-state index < -0.39 is 0 Å². The Bertz CT molecular complexity index is 175. The minimum absolute atomic E-state index is 0.529. The van der Waals surface area contributed by atoms with Crippen molar-refractivity contribution in [3.8, 4) is 0 Å². The van der Waals surface area contributed by atoms with Crippen LogP contribution in [0.25, 0.3) is 0 Å². The maximum atomic E-state index is 3.61. The molecule has 0 amide bonds. The standard InChI is InChI=1S/C12H26N2/c1-6-13-10-7-8-12(2,3)9-11(10)14(4)5/h10-11,13H,6-9H2,1-5H3. The van der Waals surface area contributed by atoms with Gasteiger partial charge in [0.1, 0.15) is 0 Å². The van der Waals surface area contributed by atoms with Crippen LogP contribution in [0, 0.1) is 5.41 Å². The van der Waals surface area contributed by atoms with E-state index >= 15 is 0 Å². The van der Waals surface area contributed by atoms with Crippen molar-refractivity contribution in [2.75, 3.05) is 20.6 Å². The molecule has 1 fully saturated rings. The van der Waals surface area contributed by atoms with Gasteiger partial charge in [0.15, 0.2) is 0 Å². The zero-order valence-corrected chi connectivity index (χ0v) is 10.4. The second-order valence-corrected chi connectivity index (χ2v) is 5.60. The van der Waals surface area contributed by atoms with Gasteiger partial charge < -0.3 is 10.2 Å². The lowest BCUT2D eigenvalue weighted by molar-refractivity contribution is 0.0984. The minimum atomic E-state index is 0.529. The van der Waals surface area contributed by atoms with Gasteiger partial charge in [-0.1, -0.05) is 20.8 Å². The van der Waals surface area contributed by atoms with E-state index in [1.54, 1.807) is 0 Å². The van der Waals surface area contributed by atoms with Crippen molar-refractivity contribution in [3.05, 3.63) is 0 Å². The topological polar surface area (TPSA) is 15.3 Å². The fourth-order valence-corrected chi connectivity index (χ4v) is 2.59. The van der Waals surface area contributed by atoms with Gasteiger partial charge in [0.05, 0.1) is 0 Å². The Morgan fingerprint density at radius 2 is 2.00 bits per heavy atom. The van der Waals surface area contributed by atoms with Gasteiger partial charge in [-0.25, -0.2) is 0 Å². The number of nitrogens with one attached hydrogen (secondary N) is 1. The first-order valence-electron chi connectivity index (χ1n) is 5.86. The van der Waals surface area contributed by atoms with Gasteiger partial charge in [0.25, 0.3) is 0 Å². The van der Waals surface area contributed by atoms with E-state index in [0.29, 0.717) is 17.5 Å². The van der Waals surface area contributed by atoms with Crippen LogP contribution in [0.1, 0.15) is 40.0 Å². The van der Waals surface area contributed by atoms with Gasteiger partial charge in [-0.15, -0.1) is 0 Å². The van der Waals surface area contributed by atoms with Gasteiger partial charge in [-0.05, 0) is 45.3 Å². The highest BCUT2D eigenvalue weighted by molar-refractivity contribution is 4.92. The molecule has 0 aliphatic heterocycles. The van der Waals surface area contributed by atoms with Gasteiger partial charge in [0.2, 0.25) is 0 Å². The van der Waals surface area contributed by atoms with E-state index in [0.717, 1.165) is 6.54 Å². The van der Waals surface area contributed by atoms with E-state index in [2.05, 4.69) is 45.1 Å². The molecule has 0 bridgehead atoms. The summed E-state index contributed by atoms with van der Waals surface area (Å²) in [5.74, 6) is 0. The predicted octanol–water partition coefficient (Wildman–Crippen LogP) is 2.10. The fraction of sp³-hybridized carbons (Fsp3) is 1.00. The lowest BCUT2D eigenvalue weighted by atomic mass is 9.72. The molecule has 2 heteroatoms. The van der Waals surface area contributed by atoms with Crippen molar-refractivity contribution in [2.45, 2.75) is 52.1 Å². The van der Waals surface area contributed by atoms with Crippen LogP contribution in [-0.2, 0) is 0 Å². The van der Waals surface area contributed by atoms with E-state index in [-0.39, 0.29) is 0 Å². The number of rotatable bonds is 3. The highest BCUT2D eigenvalue weighted by Crippen LogP contribution is 2.36. The molecule has 2 nitrogen and oxygen atoms in total. The molecule has 1 aliphatic rings. The van der Waals surface area contributed by atoms with Crippen LogP contribution in [0.5, 0.6) is 0 Å². The van der Waals surface area contributed by atoms with Crippen LogP contribution in [0.2, 0.25) is 0 Å². The van der Waals surface area contributed by atoms with E-state index in [1.165, 1.54) is 19.3 Å². The zero-order chi connectivity index (χ0) is 10.8. The van der Waals surface area contributed by atoms with Gasteiger partial charge in [-0.3, -0.25) is 0 Å². The Balaban J connectivity index is 2.61. The van der Waals surface area contributed by atoms with Gasteiger partial charge in [-0.2, -0.15) is 0 Å². The van der Waals surface area contributed by atoms with Crippen molar-refractivity contribution in [1.29, 1.82) is 0 Å². The van der Waals surface area contributed by atoms with Crippen molar-refractivity contribution in [2.24, 2.45) is 5.41 Å². The summed E-state index contributed by atoms with van der Waals surface area (Å²) in [5, 5.41) is 3.61. The maximum absolute atomic E-state index is 3.61. The molecule has 0 saturated heterocycles. The quantitative estimate of drug-likeness (QED) is 0.747. The van der Waals surface area contributed by atoms with E-state index in [1.807, 2.05) is 0 Å². The smallest absolute Gasteiger partial charge is 0.0248 e. The first-order valence-corrected chi connectivity index (χ1v) is 5.86. The Morgan fingerprint density at radius 3 is 2.50 bits per heavy atom. The molecular weight excluding hydrogens is 172 g/mol. The summed E-state index contributed by atoms with van der Waals surface area (Å²) >= 11 is 0. The largest absolute Gasteiger partial charge is 0.313 e. The maximum Gasteiger partial charge on any atom is 0.0248 e. The molecule has 1 rings (SSSR count). The van der Waals surface area contributed by atoms with Crippen molar-refractivity contribution in [1.82, 2.24) is 10.2 Å². The summed E-state index contributed by atoms with van der Waals surface area (Å²) in [6.45, 7) is 8.08. The molecular formula is C12H26N2. The molecule has 0 radical (unpaired) electrons. The van der Waals surface area contributed by atoms with Crippen molar-refractivity contribution in [3.63, 3.8) is 0 Å². The first kappa shape index (κ1) is 12.0. The molecule has 2 atom stereocenters. The number of hydrogen-bond acceptors (Lipinski definition) is 2. The monoisotopic (exact) mass is 198 g/mol. The second kappa shape index (κ2) is 4.63. The summed E-state index contributed by atoms with van der Waals surface area (Å²) < 4.78 is 0. The van der Waals surface area contributed by atoms with Gasteiger partial charge >= 0.3 is 0 Å². The number of nitrogens with zero attached hydrogens (tertiary/aromatic N) is 1. The first-order chi connectivity index (χ1) is 6.46. The SMILES string of the molecule is CCNC1CCC(C)(C)CC1N(C)C. The molecule has 2 unspecified atom stereocenters. The van der Waals surface area contributed by atoms with Crippen molar-refractivity contribution < 1.29 is 0 Å². The molecule has 0 aromatic carbocycles. The summed E-state index contributed by atoms with van der Waals surface area (Å²) in [4.78, 5) is 2.38. The number of hydrogen-bond donors (Lipinski definition) is 1. The third kappa shape index (κ3) is 2.96. The predicted molar refractivity (Wildman–Crippen MR) is 62.6 cm³/mol. The van der Waals surface area contributed by atoms with Crippen LogP contribution >= 0.6 is 0 Å². The van der Waals surface area contributed by atoms with Crippen LogP contribution in [0.3, 0.4) is 0 Å². The van der Waals surface area contributed by atoms with Crippen LogP contribution < -0.4 is 5.32 Å². The lowest BCUT2D eigenvalue weighted by Gasteiger charge is -2.44. The Hall–Kier alpha value is -0.0800. The Labute approximate surface area is 89.1 Å². The van der Waals surface area contributed by atoms with E-state index in [9.17, 15) is 0 Å². The summed E-state index contributed by atoms with van der Waals surface area (Å²) in [6, 6.07) is 1.40. The lowest BCUT2D eigenvalue weighted by Crippen LogP contribution is -2.52. The molecule has 1 aliphatic carbocycles. The molecule has 0 aromatic heterocycles. The Morgan fingerprint density at radius 1 is 1.36 bits per heavy atom. The molecule has 84 valence electrons. The molecule has 0 spiro atoms. The molecule has 1 N–H and O–H groups in total. The average Bonchev–Trinajstić information content (AvgIpc) is 2.08. The second-order valence-electron chi connectivity index (χ2n) is 5.60. The highest BCUT2D eigenvalue weighted by atomic mass is 15.1. The Kier molecular flexibility index (Phi) is 3.96. The van der Waals surface area contributed by atoms with Crippen LogP contribution in [0.15, 0.2) is 0 Å². The molecule has 0 aromatic rings. The van der Waals surface area contributed by atoms with Crippen molar-refractivity contribution >= 4 is 0 Å². The number of likely N-dealkylation sites (N-methyl/N-ethyl adjacent to an activating group) is 2. The molecule has 1 saturated carbocycles. The third-order valence-electron chi connectivity index (χ3n) is 3.49. The highest BCUT2D eigenvalue weighted by Gasteiger charge is 2.35. The summed E-state index contributed by atoms with van der Waals surface area (Å²) in [5.41, 5.74) is 0.529. The van der Waals surface area contributed by atoms with Crippen LogP contribution in [-0.4, -0.2) is 37.6 Å². The third-order valence-corrected chi connectivity index (χ3v) is 3.49. The van der Waals surface area contributed by atoms with Crippen LogP contribution in [0.4, 0.5) is 0 Å². The average molecular weight is 198 g/mol. The van der Waals surface area contributed by atoms with Gasteiger partial charge in [0, 0.05) is 12.1 Å². The minimum Gasteiger partial charge on any atom is -0.313 e. The molecule has 14 heavy (non-hydrogen) atoms. The zero-order valence-electron chi connectivity index (χ0n) is 10.4. The fourth-order valence-electron chi connectivity index (χ4n) is 2.59. The summed E-state index contributed by atoms with van der Waals surface area (Å²) in [6.07, 6.45) is 4.00. The summed E-state index contributed by atoms with van der Waals surface area (Å²) in [7, 11) is 4.41. The molecule has 0 heterocycles. The van der Waals surface area contributed by atoms with E-state index in [4.69, 9.17) is 0 Å². The normalized spacial score (nSPS) is 32.1.